The molecule has 0 atom stereocenters. The molecule has 42 heavy (non-hydrogen) atoms. The van der Waals surface area contributed by atoms with Gasteiger partial charge < -0.3 is 19.3 Å². The number of carbonyl (C=O) groups is 1. The van der Waals surface area contributed by atoms with Crippen molar-refractivity contribution in [2.24, 2.45) is 0 Å². The summed E-state index contributed by atoms with van der Waals surface area (Å²) in [4.78, 5) is 25.0. The summed E-state index contributed by atoms with van der Waals surface area (Å²) in [6.07, 6.45) is -8.29. The second-order valence-electron chi connectivity index (χ2n) is 10.2. The van der Waals surface area contributed by atoms with Gasteiger partial charge in [0.05, 0.1) is 34.4 Å². The van der Waals surface area contributed by atoms with E-state index in [0.29, 0.717) is 18.6 Å². The number of nitrogens with zero attached hydrogens (tertiary/aromatic N) is 4. The van der Waals surface area contributed by atoms with Crippen LogP contribution in [0.25, 0.3) is 0 Å². The standard InChI is InChI=1S/C28H29ClF6N4O3/c1-26(2,17-13-18(27(30,31)32)15-19(14-17)28(33,34)35)24(40)39(5)21-16-36-25(41-12-8-11-38(3)4)37-23(21)42-22-10-7-6-9-20(22)29/h6-7,9-10,13-16H,8,11-12H2,1-5H3. The van der Waals surface area contributed by atoms with E-state index >= 15 is 0 Å². The molecular formula is C28H29ClF6N4O3. The highest BCUT2D eigenvalue weighted by Gasteiger charge is 2.41. The molecule has 0 N–H and O–H groups in total. The molecule has 0 saturated heterocycles. The maximum atomic E-state index is 13.7. The van der Waals surface area contributed by atoms with Gasteiger partial charge in [-0.05, 0) is 70.3 Å². The Morgan fingerprint density at radius 1 is 0.929 bits per heavy atom. The Hall–Kier alpha value is -3.58. The van der Waals surface area contributed by atoms with Crippen molar-refractivity contribution in [2.75, 3.05) is 39.2 Å². The fourth-order valence-corrected chi connectivity index (χ4v) is 4.04. The van der Waals surface area contributed by atoms with Crippen molar-refractivity contribution >= 4 is 23.2 Å². The summed E-state index contributed by atoms with van der Waals surface area (Å²) >= 11 is 6.23. The molecule has 1 amide bonds. The van der Waals surface area contributed by atoms with Crippen LogP contribution in [0.4, 0.5) is 32.0 Å². The number of aromatic nitrogens is 2. The molecule has 0 aliphatic heterocycles. The maximum Gasteiger partial charge on any atom is 0.416 e. The van der Waals surface area contributed by atoms with Crippen molar-refractivity contribution in [3.05, 3.63) is 70.4 Å². The Labute approximate surface area is 244 Å². The molecule has 0 aliphatic carbocycles. The Bertz CT molecular complexity index is 1380. The normalized spacial score (nSPS) is 12.4. The lowest BCUT2D eigenvalue weighted by Gasteiger charge is -2.31. The predicted octanol–water partition coefficient (Wildman–Crippen LogP) is 7.23. The van der Waals surface area contributed by atoms with Crippen molar-refractivity contribution in [2.45, 2.75) is 38.0 Å². The molecule has 3 aromatic rings. The summed E-state index contributed by atoms with van der Waals surface area (Å²) in [5, 5.41) is 0.216. The van der Waals surface area contributed by atoms with Gasteiger partial charge in [-0.3, -0.25) is 4.79 Å². The molecule has 1 heterocycles. The molecular weight excluding hydrogens is 590 g/mol. The summed E-state index contributed by atoms with van der Waals surface area (Å²) in [7, 11) is 5.08. The van der Waals surface area contributed by atoms with E-state index in [-0.39, 0.29) is 41.0 Å². The van der Waals surface area contributed by atoms with Gasteiger partial charge in [0, 0.05) is 13.6 Å². The minimum atomic E-state index is -5.08. The number of rotatable bonds is 10. The summed E-state index contributed by atoms with van der Waals surface area (Å²) < 4.78 is 92.5. The number of benzene rings is 2. The number of likely N-dealkylation sites (N-methyl/N-ethyl adjacent to an activating group) is 1. The average molecular weight is 619 g/mol. The first-order valence-electron chi connectivity index (χ1n) is 12.6. The third kappa shape index (κ3) is 8.03. The number of alkyl halides is 6. The molecule has 228 valence electrons. The summed E-state index contributed by atoms with van der Waals surface area (Å²) in [5.41, 5.74) is -5.44. The first kappa shape index (κ1) is 32.9. The van der Waals surface area contributed by atoms with Gasteiger partial charge in [0.15, 0.2) is 0 Å². The van der Waals surface area contributed by atoms with Gasteiger partial charge >= 0.3 is 18.4 Å². The lowest BCUT2D eigenvalue weighted by Crippen LogP contribution is -2.42. The second-order valence-corrected chi connectivity index (χ2v) is 10.6. The van der Waals surface area contributed by atoms with E-state index < -0.39 is 40.4 Å². The van der Waals surface area contributed by atoms with Crippen molar-refractivity contribution in [3.63, 3.8) is 0 Å². The molecule has 0 saturated carbocycles. The second kappa shape index (κ2) is 12.7. The molecule has 0 aliphatic rings. The molecule has 0 unspecified atom stereocenters. The van der Waals surface area contributed by atoms with E-state index in [0.717, 1.165) is 11.4 Å². The first-order chi connectivity index (χ1) is 19.4. The van der Waals surface area contributed by atoms with Crippen LogP contribution >= 0.6 is 11.6 Å². The first-order valence-corrected chi connectivity index (χ1v) is 12.9. The number of halogens is 7. The molecule has 1 aromatic heterocycles. The van der Waals surface area contributed by atoms with E-state index in [1.54, 1.807) is 24.3 Å². The maximum absolute atomic E-state index is 13.7. The molecule has 0 bridgehead atoms. The molecule has 0 radical (unpaired) electrons. The minimum absolute atomic E-state index is 0.00836. The molecule has 2 aromatic carbocycles. The summed E-state index contributed by atoms with van der Waals surface area (Å²) in [6, 6.07) is 7.40. The van der Waals surface area contributed by atoms with Gasteiger partial charge in [-0.1, -0.05) is 23.7 Å². The van der Waals surface area contributed by atoms with Crippen LogP contribution in [-0.4, -0.2) is 55.1 Å². The van der Waals surface area contributed by atoms with Gasteiger partial charge in [-0.2, -0.15) is 31.3 Å². The van der Waals surface area contributed by atoms with Gasteiger partial charge in [-0.25, -0.2) is 4.98 Å². The fourth-order valence-electron chi connectivity index (χ4n) is 3.86. The van der Waals surface area contributed by atoms with Gasteiger partial charge in [0.25, 0.3) is 0 Å². The Morgan fingerprint density at radius 3 is 2.05 bits per heavy atom. The average Bonchev–Trinajstić information content (AvgIpc) is 2.90. The topological polar surface area (TPSA) is 67.8 Å². The minimum Gasteiger partial charge on any atom is -0.463 e. The van der Waals surface area contributed by atoms with Crippen LogP contribution in [-0.2, 0) is 22.6 Å². The predicted molar refractivity (Wildman–Crippen MR) is 145 cm³/mol. The van der Waals surface area contributed by atoms with Crippen LogP contribution in [0, 0.1) is 0 Å². The third-order valence-corrected chi connectivity index (χ3v) is 6.56. The van der Waals surface area contributed by atoms with Crippen LogP contribution in [0.3, 0.4) is 0 Å². The van der Waals surface area contributed by atoms with Crippen LogP contribution < -0.4 is 14.4 Å². The molecule has 3 rings (SSSR count). The van der Waals surface area contributed by atoms with E-state index in [9.17, 15) is 31.1 Å². The zero-order valence-corrected chi connectivity index (χ0v) is 24.2. The van der Waals surface area contributed by atoms with Gasteiger partial charge in [0.1, 0.15) is 11.4 Å². The number of carbonyl (C=O) groups excluding carboxylic acids is 1. The Balaban J connectivity index is 2.02. The van der Waals surface area contributed by atoms with Crippen molar-refractivity contribution in [1.29, 1.82) is 0 Å². The van der Waals surface area contributed by atoms with Crippen LogP contribution in [0.5, 0.6) is 17.6 Å². The Kier molecular flexibility index (Phi) is 9.99. The van der Waals surface area contributed by atoms with Gasteiger partial charge in [0.2, 0.25) is 11.8 Å². The molecule has 0 fully saturated rings. The quantitative estimate of drug-likeness (QED) is 0.176. The SMILES string of the molecule is CN(C)CCCOc1ncc(N(C)C(=O)C(C)(C)c2cc(C(F)(F)F)cc(C(F)(F)F)c2)c(Oc2ccccc2Cl)n1. The zero-order chi connectivity index (χ0) is 31.5. The molecule has 0 spiro atoms. The van der Waals surface area contributed by atoms with E-state index in [1.807, 2.05) is 19.0 Å². The number of amides is 1. The molecule has 14 heteroatoms. The number of hydrogen-bond donors (Lipinski definition) is 0. The van der Waals surface area contributed by atoms with Crippen LogP contribution in [0.2, 0.25) is 5.02 Å². The highest BCUT2D eigenvalue weighted by Crippen LogP contribution is 2.41. The third-order valence-electron chi connectivity index (χ3n) is 6.25. The largest absolute Gasteiger partial charge is 0.463 e. The molecule has 7 nitrogen and oxygen atoms in total. The van der Waals surface area contributed by atoms with Gasteiger partial charge in [-0.15, -0.1) is 0 Å². The van der Waals surface area contributed by atoms with Crippen molar-refractivity contribution in [3.8, 4) is 17.6 Å². The van der Waals surface area contributed by atoms with Crippen LogP contribution in [0.15, 0.2) is 48.7 Å². The number of para-hydroxylation sites is 1. The van der Waals surface area contributed by atoms with Crippen molar-refractivity contribution < 1.29 is 40.6 Å². The van der Waals surface area contributed by atoms with E-state index in [2.05, 4.69) is 9.97 Å². The number of hydrogen-bond acceptors (Lipinski definition) is 6. The number of ether oxygens (including phenoxy) is 2. The number of anilines is 1. The van der Waals surface area contributed by atoms with E-state index in [1.165, 1.54) is 27.1 Å². The highest BCUT2D eigenvalue weighted by molar-refractivity contribution is 6.32. The summed E-state index contributed by atoms with van der Waals surface area (Å²) in [5.74, 6) is -0.861. The van der Waals surface area contributed by atoms with Crippen molar-refractivity contribution in [1.82, 2.24) is 14.9 Å². The highest BCUT2D eigenvalue weighted by atomic mass is 35.5. The van der Waals surface area contributed by atoms with Crippen LogP contribution in [0.1, 0.15) is 37.0 Å². The lowest BCUT2D eigenvalue weighted by atomic mass is 9.81. The smallest absolute Gasteiger partial charge is 0.416 e. The fraction of sp³-hybridized carbons (Fsp3) is 0.393. The van der Waals surface area contributed by atoms with E-state index in [4.69, 9.17) is 21.1 Å². The summed E-state index contributed by atoms with van der Waals surface area (Å²) in [6.45, 7) is 3.44. The zero-order valence-electron chi connectivity index (χ0n) is 23.4. The Morgan fingerprint density at radius 2 is 1.50 bits per heavy atom. The lowest BCUT2D eigenvalue weighted by molar-refractivity contribution is -0.143. The monoisotopic (exact) mass is 618 g/mol.